The Morgan fingerprint density at radius 3 is 2.36 bits per heavy atom. The van der Waals surface area contributed by atoms with Gasteiger partial charge in [0.2, 0.25) is 0 Å². The van der Waals surface area contributed by atoms with Crippen molar-refractivity contribution < 1.29 is 4.74 Å². The van der Waals surface area contributed by atoms with Gasteiger partial charge in [-0.05, 0) is 52.2 Å². The summed E-state index contributed by atoms with van der Waals surface area (Å²) in [6.07, 6.45) is 2.49. The Labute approximate surface area is 87.6 Å². The highest BCUT2D eigenvalue weighted by atomic mass is 16.5. The number of nitrogens with zero attached hydrogens (tertiary/aromatic N) is 1. The second kappa shape index (κ2) is 5.10. The Morgan fingerprint density at radius 1 is 1.36 bits per heavy atom. The summed E-state index contributed by atoms with van der Waals surface area (Å²) in [5.74, 6) is 0.747. The van der Waals surface area contributed by atoms with Gasteiger partial charge in [0.1, 0.15) is 0 Å². The third kappa shape index (κ3) is 3.56. The Morgan fingerprint density at radius 2 is 1.93 bits per heavy atom. The molecule has 1 heterocycles. The smallest absolute Gasteiger partial charge is 0.0749 e. The molecule has 0 saturated carbocycles. The number of hydrogen-bond acceptors (Lipinski definition) is 3. The van der Waals surface area contributed by atoms with Crippen molar-refractivity contribution in [3.8, 4) is 0 Å². The predicted molar refractivity (Wildman–Crippen MR) is 59.3 cm³/mol. The average Bonchev–Trinajstić information content (AvgIpc) is 2.19. The van der Waals surface area contributed by atoms with Crippen LogP contribution < -0.4 is 5.73 Å². The van der Waals surface area contributed by atoms with Crippen molar-refractivity contribution in [2.75, 3.05) is 33.3 Å². The summed E-state index contributed by atoms with van der Waals surface area (Å²) in [6, 6.07) is 0. The molecule has 0 aromatic heterocycles. The maximum Gasteiger partial charge on any atom is 0.0749 e. The molecule has 0 aliphatic carbocycles. The van der Waals surface area contributed by atoms with Crippen LogP contribution in [0.4, 0.5) is 0 Å². The van der Waals surface area contributed by atoms with Gasteiger partial charge in [-0.1, -0.05) is 0 Å². The van der Waals surface area contributed by atoms with Crippen molar-refractivity contribution in [2.45, 2.75) is 32.3 Å². The molecule has 0 spiro atoms. The second-order valence-electron chi connectivity index (χ2n) is 4.92. The molecule has 0 atom stereocenters. The first-order valence-corrected chi connectivity index (χ1v) is 5.55. The van der Waals surface area contributed by atoms with Crippen LogP contribution in [0.15, 0.2) is 0 Å². The molecular formula is C11H24N2O. The van der Waals surface area contributed by atoms with Crippen molar-refractivity contribution in [2.24, 2.45) is 11.7 Å². The fourth-order valence-electron chi connectivity index (χ4n) is 1.98. The molecule has 1 rings (SSSR count). The van der Waals surface area contributed by atoms with Crippen LogP contribution in [0.25, 0.3) is 0 Å². The van der Waals surface area contributed by atoms with Gasteiger partial charge in [0, 0.05) is 13.7 Å². The quantitative estimate of drug-likeness (QED) is 0.738. The molecule has 1 fully saturated rings. The van der Waals surface area contributed by atoms with E-state index >= 15 is 0 Å². The van der Waals surface area contributed by atoms with Gasteiger partial charge in [-0.3, -0.25) is 0 Å². The molecule has 0 amide bonds. The molecule has 0 radical (unpaired) electrons. The van der Waals surface area contributed by atoms with Crippen molar-refractivity contribution >= 4 is 0 Å². The number of methoxy groups -OCH3 is 1. The second-order valence-corrected chi connectivity index (χ2v) is 4.92. The van der Waals surface area contributed by atoms with Gasteiger partial charge >= 0.3 is 0 Å². The number of ether oxygens (including phenoxy) is 1. The maximum atomic E-state index is 5.66. The number of piperidine rings is 1. The topological polar surface area (TPSA) is 38.5 Å². The monoisotopic (exact) mass is 200 g/mol. The number of nitrogens with two attached hydrogens (primary N) is 1. The molecule has 84 valence electrons. The van der Waals surface area contributed by atoms with Gasteiger partial charge in [-0.15, -0.1) is 0 Å². The summed E-state index contributed by atoms with van der Waals surface area (Å²) in [5, 5.41) is 0. The molecule has 0 aromatic rings. The molecule has 0 aromatic carbocycles. The van der Waals surface area contributed by atoms with Crippen LogP contribution in [0.1, 0.15) is 26.7 Å². The fraction of sp³-hybridized carbons (Fsp3) is 1.00. The number of rotatable bonds is 4. The summed E-state index contributed by atoms with van der Waals surface area (Å²) >= 11 is 0. The van der Waals surface area contributed by atoms with Gasteiger partial charge in [0.15, 0.2) is 0 Å². The molecule has 0 unspecified atom stereocenters. The molecule has 2 N–H and O–H groups in total. The van der Waals surface area contributed by atoms with E-state index in [1.807, 2.05) is 0 Å². The molecule has 1 saturated heterocycles. The number of likely N-dealkylation sites (tertiary alicyclic amines) is 1. The Kier molecular flexibility index (Phi) is 4.35. The summed E-state index contributed by atoms with van der Waals surface area (Å²) < 4.78 is 5.43. The lowest BCUT2D eigenvalue weighted by Crippen LogP contribution is -2.44. The van der Waals surface area contributed by atoms with Gasteiger partial charge in [0.25, 0.3) is 0 Å². The van der Waals surface area contributed by atoms with E-state index in [1.165, 1.54) is 25.9 Å². The van der Waals surface area contributed by atoms with Gasteiger partial charge < -0.3 is 15.4 Å². The molecule has 3 heteroatoms. The minimum absolute atomic E-state index is 0.0183. The van der Waals surface area contributed by atoms with E-state index in [9.17, 15) is 0 Å². The van der Waals surface area contributed by atoms with Crippen LogP contribution in [0.2, 0.25) is 0 Å². The normalized spacial score (nSPS) is 21.4. The largest absolute Gasteiger partial charge is 0.377 e. The first-order valence-electron chi connectivity index (χ1n) is 5.55. The van der Waals surface area contributed by atoms with Crippen LogP contribution in [-0.2, 0) is 4.74 Å². The number of hydrogen-bond donors (Lipinski definition) is 1. The summed E-state index contributed by atoms with van der Waals surface area (Å²) in [6.45, 7) is 8.51. The Hall–Kier alpha value is -0.120. The molecule has 1 aliphatic heterocycles. The van der Waals surface area contributed by atoms with E-state index in [4.69, 9.17) is 10.5 Å². The predicted octanol–water partition coefficient (Wildman–Crippen LogP) is 1.08. The summed E-state index contributed by atoms with van der Waals surface area (Å²) in [7, 11) is 1.78. The zero-order valence-electron chi connectivity index (χ0n) is 9.75. The Bertz CT molecular complexity index is 163. The van der Waals surface area contributed by atoms with E-state index < -0.39 is 0 Å². The lowest BCUT2D eigenvalue weighted by molar-refractivity contribution is -0.0143. The van der Waals surface area contributed by atoms with Crippen LogP contribution in [0, 0.1) is 5.92 Å². The van der Waals surface area contributed by atoms with E-state index in [0.717, 1.165) is 19.0 Å². The Balaban J connectivity index is 2.28. The van der Waals surface area contributed by atoms with E-state index in [0.29, 0.717) is 0 Å². The van der Waals surface area contributed by atoms with Crippen LogP contribution in [0.5, 0.6) is 0 Å². The highest BCUT2D eigenvalue weighted by Crippen LogP contribution is 2.18. The highest BCUT2D eigenvalue weighted by molar-refractivity contribution is 4.79. The third-order valence-corrected chi connectivity index (χ3v) is 3.20. The minimum atomic E-state index is -0.0183. The lowest BCUT2D eigenvalue weighted by Gasteiger charge is -2.36. The SMILES string of the molecule is COC(C)(C)CN1CCC(CN)CC1. The average molecular weight is 200 g/mol. The van der Waals surface area contributed by atoms with Crippen molar-refractivity contribution in [3.63, 3.8) is 0 Å². The maximum absolute atomic E-state index is 5.66. The van der Waals surface area contributed by atoms with Crippen LogP contribution >= 0.6 is 0 Å². The molecular weight excluding hydrogens is 176 g/mol. The van der Waals surface area contributed by atoms with Gasteiger partial charge in [0.05, 0.1) is 5.60 Å². The zero-order chi connectivity index (χ0) is 10.6. The standard InChI is InChI=1S/C11H24N2O/c1-11(2,14-3)9-13-6-4-10(8-12)5-7-13/h10H,4-9,12H2,1-3H3. The zero-order valence-corrected chi connectivity index (χ0v) is 9.75. The van der Waals surface area contributed by atoms with Crippen LogP contribution in [-0.4, -0.2) is 43.8 Å². The van der Waals surface area contributed by atoms with E-state index in [-0.39, 0.29) is 5.60 Å². The van der Waals surface area contributed by atoms with Crippen molar-refractivity contribution in [1.82, 2.24) is 4.90 Å². The van der Waals surface area contributed by atoms with E-state index in [2.05, 4.69) is 18.7 Å². The first kappa shape index (κ1) is 12.0. The first-order chi connectivity index (χ1) is 6.57. The lowest BCUT2D eigenvalue weighted by atomic mass is 9.96. The van der Waals surface area contributed by atoms with E-state index in [1.54, 1.807) is 7.11 Å². The third-order valence-electron chi connectivity index (χ3n) is 3.20. The highest BCUT2D eigenvalue weighted by Gasteiger charge is 2.24. The van der Waals surface area contributed by atoms with Crippen molar-refractivity contribution in [1.29, 1.82) is 0 Å². The van der Waals surface area contributed by atoms with Gasteiger partial charge in [-0.25, -0.2) is 0 Å². The van der Waals surface area contributed by atoms with Crippen LogP contribution in [0.3, 0.4) is 0 Å². The molecule has 1 aliphatic rings. The van der Waals surface area contributed by atoms with Gasteiger partial charge in [-0.2, -0.15) is 0 Å². The summed E-state index contributed by atoms with van der Waals surface area (Å²) in [5.41, 5.74) is 5.64. The fourth-order valence-corrected chi connectivity index (χ4v) is 1.98. The molecule has 3 nitrogen and oxygen atoms in total. The summed E-state index contributed by atoms with van der Waals surface area (Å²) in [4.78, 5) is 2.48. The van der Waals surface area contributed by atoms with Crippen molar-refractivity contribution in [3.05, 3.63) is 0 Å². The molecule has 0 bridgehead atoms. The molecule has 14 heavy (non-hydrogen) atoms. The minimum Gasteiger partial charge on any atom is -0.377 e.